The highest BCUT2D eigenvalue weighted by Gasteiger charge is 2.23. The lowest BCUT2D eigenvalue weighted by atomic mass is 10.0. The van der Waals surface area contributed by atoms with Crippen LogP contribution in [-0.2, 0) is 0 Å². The molecule has 2 unspecified atom stereocenters. The van der Waals surface area contributed by atoms with Crippen LogP contribution in [0.15, 0.2) is 0 Å². The molecule has 0 amide bonds. The van der Waals surface area contributed by atoms with E-state index < -0.39 is 0 Å². The van der Waals surface area contributed by atoms with Gasteiger partial charge in [0.25, 0.3) is 0 Å². The monoisotopic (exact) mass is 127 g/mol. The molecule has 0 aromatic rings. The zero-order chi connectivity index (χ0) is 6.85. The van der Waals surface area contributed by atoms with Gasteiger partial charge < -0.3 is 4.90 Å². The first kappa shape index (κ1) is 7.07. The minimum absolute atomic E-state index is 0.829. The van der Waals surface area contributed by atoms with Gasteiger partial charge in [-0.2, -0.15) is 0 Å². The topological polar surface area (TPSA) is 3.24 Å². The molecule has 9 heavy (non-hydrogen) atoms. The quantitative estimate of drug-likeness (QED) is 0.518. The molecule has 54 valence electrons. The number of rotatable bonds is 1. The third-order valence-corrected chi connectivity index (χ3v) is 2.55. The van der Waals surface area contributed by atoms with E-state index in [1.807, 2.05) is 0 Å². The summed E-state index contributed by atoms with van der Waals surface area (Å²) in [5.74, 6) is 0.977. The number of hydrogen-bond donors (Lipinski definition) is 0. The molecule has 2 atom stereocenters. The number of nitrogens with zero attached hydrogens (tertiary/aromatic N) is 1. The molecule has 0 radical (unpaired) electrons. The van der Waals surface area contributed by atoms with E-state index in [1.165, 1.54) is 19.4 Å². The van der Waals surface area contributed by atoms with Crippen LogP contribution in [0.25, 0.3) is 0 Å². The van der Waals surface area contributed by atoms with Crippen LogP contribution in [0.4, 0.5) is 0 Å². The Hall–Kier alpha value is -0.0400. The molecule has 0 aromatic heterocycles. The summed E-state index contributed by atoms with van der Waals surface area (Å²) < 4.78 is 0. The van der Waals surface area contributed by atoms with Crippen molar-refractivity contribution in [2.45, 2.75) is 32.7 Å². The highest BCUT2D eigenvalue weighted by Crippen LogP contribution is 2.22. The lowest BCUT2D eigenvalue weighted by Gasteiger charge is -2.12. The van der Waals surface area contributed by atoms with E-state index in [4.69, 9.17) is 0 Å². The molecule has 0 bridgehead atoms. The van der Waals surface area contributed by atoms with E-state index in [0.29, 0.717) is 0 Å². The van der Waals surface area contributed by atoms with Crippen molar-refractivity contribution in [3.63, 3.8) is 0 Å². The minimum Gasteiger partial charge on any atom is -0.303 e. The Bertz CT molecular complexity index is 80.6. The molecule has 1 heterocycles. The summed E-state index contributed by atoms with van der Waals surface area (Å²) in [6.45, 7) is 5.92. The molecule has 1 aliphatic heterocycles. The highest BCUT2D eigenvalue weighted by atomic mass is 15.1. The van der Waals surface area contributed by atoms with E-state index in [0.717, 1.165) is 12.0 Å². The molecule has 1 rings (SSSR count). The Kier molecular flexibility index (Phi) is 2.12. The Morgan fingerprint density at radius 2 is 2.22 bits per heavy atom. The zero-order valence-electron chi connectivity index (χ0n) is 6.72. The molecule has 0 spiro atoms. The van der Waals surface area contributed by atoms with Gasteiger partial charge in [0.05, 0.1) is 0 Å². The summed E-state index contributed by atoms with van der Waals surface area (Å²) in [7, 11) is 2.22. The number of hydrogen-bond acceptors (Lipinski definition) is 1. The standard InChI is InChI=1S/C8H17N/c1-4-8-5-7(2)9(3)6-8/h7-8H,4-6H2,1-3H3. The summed E-state index contributed by atoms with van der Waals surface area (Å²) in [4.78, 5) is 2.45. The molecule has 1 heteroatoms. The summed E-state index contributed by atoms with van der Waals surface area (Å²) in [5, 5.41) is 0. The van der Waals surface area contributed by atoms with Gasteiger partial charge in [0.1, 0.15) is 0 Å². The second-order valence-electron chi connectivity index (χ2n) is 3.30. The summed E-state index contributed by atoms with van der Waals surface area (Å²) >= 11 is 0. The first-order valence-corrected chi connectivity index (χ1v) is 3.94. The van der Waals surface area contributed by atoms with Crippen molar-refractivity contribution in [2.75, 3.05) is 13.6 Å². The van der Waals surface area contributed by atoms with Crippen LogP contribution in [-0.4, -0.2) is 24.5 Å². The van der Waals surface area contributed by atoms with Crippen molar-refractivity contribution < 1.29 is 0 Å². The van der Waals surface area contributed by atoms with Crippen LogP contribution in [0.2, 0.25) is 0 Å². The van der Waals surface area contributed by atoms with E-state index >= 15 is 0 Å². The van der Waals surface area contributed by atoms with Crippen LogP contribution < -0.4 is 0 Å². The Morgan fingerprint density at radius 3 is 2.44 bits per heavy atom. The van der Waals surface area contributed by atoms with Gasteiger partial charge in [0.2, 0.25) is 0 Å². The fourth-order valence-corrected chi connectivity index (χ4v) is 1.62. The Balaban J connectivity index is 2.35. The van der Waals surface area contributed by atoms with Crippen molar-refractivity contribution in [3.8, 4) is 0 Å². The van der Waals surface area contributed by atoms with Gasteiger partial charge in [0.15, 0.2) is 0 Å². The number of likely N-dealkylation sites (tertiary alicyclic amines) is 1. The lowest BCUT2D eigenvalue weighted by molar-refractivity contribution is 0.325. The third kappa shape index (κ3) is 1.45. The second-order valence-corrected chi connectivity index (χ2v) is 3.30. The van der Waals surface area contributed by atoms with Crippen LogP contribution in [0, 0.1) is 5.92 Å². The second kappa shape index (κ2) is 2.70. The van der Waals surface area contributed by atoms with Crippen LogP contribution in [0.1, 0.15) is 26.7 Å². The lowest BCUT2D eigenvalue weighted by Crippen LogP contribution is -2.21. The normalized spacial score (nSPS) is 37.7. The van der Waals surface area contributed by atoms with Crippen molar-refractivity contribution in [3.05, 3.63) is 0 Å². The summed E-state index contributed by atoms with van der Waals surface area (Å²) in [5.41, 5.74) is 0. The van der Waals surface area contributed by atoms with Gasteiger partial charge in [0, 0.05) is 12.6 Å². The zero-order valence-corrected chi connectivity index (χ0v) is 6.72. The molecular weight excluding hydrogens is 110 g/mol. The molecular formula is C8H17N. The SMILES string of the molecule is CCC1CC(C)N(C)C1. The van der Waals surface area contributed by atoms with Crippen molar-refractivity contribution in [2.24, 2.45) is 5.92 Å². The van der Waals surface area contributed by atoms with Crippen molar-refractivity contribution >= 4 is 0 Å². The van der Waals surface area contributed by atoms with Crippen LogP contribution in [0.5, 0.6) is 0 Å². The Labute approximate surface area is 58.0 Å². The molecule has 1 nitrogen and oxygen atoms in total. The first-order chi connectivity index (χ1) is 4.24. The average Bonchev–Trinajstić information content (AvgIpc) is 2.13. The summed E-state index contributed by atoms with van der Waals surface area (Å²) in [6.07, 6.45) is 2.77. The predicted molar refractivity (Wildman–Crippen MR) is 40.5 cm³/mol. The first-order valence-electron chi connectivity index (χ1n) is 3.94. The minimum atomic E-state index is 0.829. The van der Waals surface area contributed by atoms with E-state index in [-0.39, 0.29) is 0 Å². The molecule has 1 saturated heterocycles. The molecule has 1 fully saturated rings. The molecule has 0 N–H and O–H groups in total. The maximum absolute atomic E-state index is 2.45. The fraction of sp³-hybridized carbons (Fsp3) is 1.00. The van der Waals surface area contributed by atoms with Gasteiger partial charge in [-0.3, -0.25) is 0 Å². The maximum Gasteiger partial charge on any atom is 0.00671 e. The predicted octanol–water partition coefficient (Wildman–Crippen LogP) is 1.74. The molecule has 0 aliphatic carbocycles. The molecule has 0 saturated carbocycles. The van der Waals surface area contributed by atoms with E-state index in [1.54, 1.807) is 0 Å². The van der Waals surface area contributed by atoms with Crippen molar-refractivity contribution in [1.29, 1.82) is 0 Å². The fourth-order valence-electron chi connectivity index (χ4n) is 1.62. The van der Waals surface area contributed by atoms with Crippen LogP contribution >= 0.6 is 0 Å². The highest BCUT2D eigenvalue weighted by molar-refractivity contribution is 4.78. The smallest absolute Gasteiger partial charge is 0.00671 e. The van der Waals surface area contributed by atoms with Crippen molar-refractivity contribution in [1.82, 2.24) is 4.90 Å². The maximum atomic E-state index is 2.45. The van der Waals surface area contributed by atoms with Gasteiger partial charge in [-0.25, -0.2) is 0 Å². The van der Waals surface area contributed by atoms with Gasteiger partial charge in [-0.15, -0.1) is 0 Å². The third-order valence-electron chi connectivity index (χ3n) is 2.55. The van der Waals surface area contributed by atoms with E-state index in [9.17, 15) is 0 Å². The molecule has 0 aromatic carbocycles. The van der Waals surface area contributed by atoms with Gasteiger partial charge in [-0.1, -0.05) is 13.3 Å². The largest absolute Gasteiger partial charge is 0.303 e. The van der Waals surface area contributed by atoms with Crippen LogP contribution in [0.3, 0.4) is 0 Å². The average molecular weight is 127 g/mol. The Morgan fingerprint density at radius 1 is 1.56 bits per heavy atom. The van der Waals surface area contributed by atoms with E-state index in [2.05, 4.69) is 25.8 Å². The van der Waals surface area contributed by atoms with Gasteiger partial charge >= 0.3 is 0 Å². The molecule has 1 aliphatic rings. The summed E-state index contributed by atoms with van der Waals surface area (Å²) in [6, 6.07) is 0.829. The van der Waals surface area contributed by atoms with Gasteiger partial charge in [-0.05, 0) is 26.3 Å².